The topological polar surface area (TPSA) is 167 Å². The van der Waals surface area contributed by atoms with E-state index in [1.165, 1.54) is 62.6 Å². The Balaban J connectivity index is 1.53. The number of nitrogens with one attached hydrogen (secondary N) is 2. The van der Waals surface area contributed by atoms with E-state index in [9.17, 15) is 27.5 Å². The highest BCUT2D eigenvalue weighted by Crippen LogP contribution is 2.36. The van der Waals surface area contributed by atoms with Crippen LogP contribution in [0.3, 0.4) is 0 Å². The quantitative estimate of drug-likeness (QED) is 0.195. The molecule has 44 heavy (non-hydrogen) atoms. The number of nitrogens with zero attached hydrogens (tertiary/aromatic N) is 2. The summed E-state index contributed by atoms with van der Waals surface area (Å²) in [6.07, 6.45) is 0.375. The molecule has 0 saturated carbocycles. The first-order chi connectivity index (χ1) is 21.1. The van der Waals surface area contributed by atoms with Crippen molar-refractivity contribution in [2.45, 2.75) is 18.2 Å². The molecule has 4 aromatic rings. The van der Waals surface area contributed by atoms with Crippen molar-refractivity contribution in [3.63, 3.8) is 0 Å². The zero-order valence-electron chi connectivity index (χ0n) is 23.5. The van der Waals surface area contributed by atoms with Gasteiger partial charge in [-0.3, -0.25) is 4.79 Å². The van der Waals surface area contributed by atoms with Crippen molar-refractivity contribution in [3.8, 4) is 28.8 Å². The molecule has 0 aliphatic carbocycles. The molecule has 0 atom stereocenters. The van der Waals surface area contributed by atoms with Gasteiger partial charge in [-0.25, -0.2) is 22.3 Å². The van der Waals surface area contributed by atoms with E-state index in [4.69, 9.17) is 18.9 Å². The molecule has 0 bridgehead atoms. The number of carbonyl (C=O) groups excluding carboxylic acids is 1. The number of amides is 1. The molecule has 5 rings (SSSR count). The van der Waals surface area contributed by atoms with E-state index in [-0.39, 0.29) is 58.1 Å². The van der Waals surface area contributed by atoms with Crippen LogP contribution in [0.4, 0.5) is 10.1 Å². The van der Waals surface area contributed by atoms with Crippen molar-refractivity contribution in [2.75, 3.05) is 32.4 Å². The molecular formula is C29H27FN4O9S. The highest BCUT2D eigenvalue weighted by Gasteiger charge is 2.27. The van der Waals surface area contributed by atoms with Crippen molar-refractivity contribution in [1.29, 1.82) is 0 Å². The molecule has 1 amide bonds. The smallest absolute Gasteiger partial charge is 0.356 e. The zero-order chi connectivity index (χ0) is 31.4. The maximum atomic E-state index is 14.1. The molecule has 0 radical (unpaired) electrons. The molecule has 0 unspecified atom stereocenters. The molecule has 1 aliphatic rings. The van der Waals surface area contributed by atoms with E-state index < -0.39 is 27.7 Å². The Morgan fingerprint density at radius 3 is 2.64 bits per heavy atom. The predicted octanol–water partition coefficient (Wildman–Crippen LogP) is 4.11. The number of sulfonamides is 1. The van der Waals surface area contributed by atoms with Gasteiger partial charge in [0.1, 0.15) is 16.5 Å². The molecular weight excluding hydrogens is 599 g/mol. The van der Waals surface area contributed by atoms with Gasteiger partial charge in [-0.1, -0.05) is 6.07 Å². The molecule has 15 heteroatoms. The van der Waals surface area contributed by atoms with E-state index in [1.807, 2.05) is 0 Å². The third-order valence-corrected chi connectivity index (χ3v) is 7.96. The molecule has 3 aromatic carbocycles. The molecule has 13 nitrogen and oxygen atoms in total. The standard InChI is InChI=1S/C29H27FN4O9S/c1-17-26(29(36)37)33-34(21-6-3-5-19(30)14-21)28(17)43-23-10-8-20(15-25(23)44(38,39)31-11-4-12-40-2)32-27(35)18-7-9-22-24(13-18)42-16-41-22/h3,5-10,13-15,31H,4,11-12,16H2,1-2H3,(H,32,35)(H,36,37). The number of benzene rings is 3. The number of aromatic nitrogens is 2. The van der Waals surface area contributed by atoms with Crippen molar-refractivity contribution < 1.29 is 46.5 Å². The van der Waals surface area contributed by atoms with Crippen LogP contribution in [0, 0.1) is 12.7 Å². The Morgan fingerprint density at radius 2 is 1.89 bits per heavy atom. The summed E-state index contributed by atoms with van der Waals surface area (Å²) in [6, 6.07) is 13.8. The van der Waals surface area contributed by atoms with Gasteiger partial charge in [0.25, 0.3) is 5.91 Å². The highest BCUT2D eigenvalue weighted by atomic mass is 32.2. The summed E-state index contributed by atoms with van der Waals surface area (Å²) in [5, 5.41) is 16.4. The van der Waals surface area contributed by atoms with E-state index in [0.717, 1.165) is 10.7 Å². The third kappa shape index (κ3) is 6.49. The minimum absolute atomic E-state index is 0.0337. The van der Waals surface area contributed by atoms with E-state index in [2.05, 4.69) is 15.1 Å². The highest BCUT2D eigenvalue weighted by molar-refractivity contribution is 7.89. The second kappa shape index (κ2) is 12.7. The summed E-state index contributed by atoms with van der Waals surface area (Å²) in [5.74, 6) is -1.98. The first-order valence-corrected chi connectivity index (χ1v) is 14.7. The number of anilines is 1. The molecule has 0 fully saturated rings. The largest absolute Gasteiger partial charge is 0.476 e. The number of carbonyl (C=O) groups is 2. The van der Waals surface area contributed by atoms with E-state index >= 15 is 0 Å². The number of methoxy groups -OCH3 is 1. The number of fused-ring (bicyclic) bond motifs is 1. The maximum Gasteiger partial charge on any atom is 0.356 e. The van der Waals surface area contributed by atoms with Gasteiger partial charge >= 0.3 is 5.97 Å². The van der Waals surface area contributed by atoms with Crippen LogP contribution in [0.2, 0.25) is 0 Å². The summed E-state index contributed by atoms with van der Waals surface area (Å²) in [7, 11) is -2.77. The fourth-order valence-electron chi connectivity index (χ4n) is 4.31. The lowest BCUT2D eigenvalue weighted by atomic mass is 10.2. The molecule has 1 aliphatic heterocycles. The maximum absolute atomic E-state index is 14.1. The fraction of sp³-hybridized carbons (Fsp3) is 0.207. The van der Waals surface area contributed by atoms with Gasteiger partial charge in [0.15, 0.2) is 17.2 Å². The molecule has 1 aromatic heterocycles. The van der Waals surface area contributed by atoms with Crippen molar-refractivity contribution >= 4 is 27.6 Å². The third-order valence-electron chi connectivity index (χ3n) is 6.47. The van der Waals surface area contributed by atoms with Gasteiger partial charge in [0.05, 0.1) is 5.69 Å². The monoisotopic (exact) mass is 626 g/mol. The summed E-state index contributed by atoms with van der Waals surface area (Å²) in [6.45, 7) is 1.80. The molecule has 0 spiro atoms. The first kappa shape index (κ1) is 30.5. The Hall–Kier alpha value is -4.99. The summed E-state index contributed by atoms with van der Waals surface area (Å²) in [4.78, 5) is 24.5. The SMILES string of the molecule is COCCCNS(=O)(=O)c1cc(NC(=O)c2ccc3c(c2)OCO3)ccc1Oc1c(C)c(C(=O)O)nn1-c1cccc(F)c1. The molecule has 0 saturated heterocycles. The number of rotatable bonds is 12. The number of carboxylic acid groups (broad SMARTS) is 1. The zero-order valence-corrected chi connectivity index (χ0v) is 24.3. The van der Waals surface area contributed by atoms with Crippen LogP contribution < -0.4 is 24.2 Å². The van der Waals surface area contributed by atoms with Crippen LogP contribution in [-0.4, -0.2) is 62.2 Å². The van der Waals surface area contributed by atoms with E-state index in [0.29, 0.717) is 24.5 Å². The summed E-state index contributed by atoms with van der Waals surface area (Å²) in [5.41, 5.74) is 0.203. The second-order valence-corrected chi connectivity index (χ2v) is 11.2. The Morgan fingerprint density at radius 1 is 1.09 bits per heavy atom. The number of hydrogen-bond donors (Lipinski definition) is 3. The van der Waals surface area contributed by atoms with Crippen LogP contribution in [-0.2, 0) is 14.8 Å². The lowest BCUT2D eigenvalue weighted by molar-refractivity contribution is 0.0689. The number of halogens is 1. The predicted molar refractivity (Wildman–Crippen MR) is 154 cm³/mol. The average Bonchev–Trinajstić information content (AvgIpc) is 3.60. The molecule has 2 heterocycles. The van der Waals surface area contributed by atoms with Crippen LogP contribution >= 0.6 is 0 Å². The van der Waals surface area contributed by atoms with Crippen molar-refractivity contribution in [1.82, 2.24) is 14.5 Å². The number of carboxylic acids is 1. The van der Waals surface area contributed by atoms with Gasteiger partial charge in [-0.05, 0) is 67.9 Å². The summed E-state index contributed by atoms with van der Waals surface area (Å²) >= 11 is 0. The van der Waals surface area contributed by atoms with E-state index in [1.54, 1.807) is 6.07 Å². The van der Waals surface area contributed by atoms with Gasteiger partial charge in [-0.15, -0.1) is 0 Å². The van der Waals surface area contributed by atoms with Crippen molar-refractivity contribution in [3.05, 3.63) is 83.3 Å². The van der Waals surface area contributed by atoms with Crippen LogP contribution in [0.25, 0.3) is 5.69 Å². The van der Waals surface area contributed by atoms with Crippen molar-refractivity contribution in [2.24, 2.45) is 0 Å². The van der Waals surface area contributed by atoms with Crippen LogP contribution in [0.15, 0.2) is 65.6 Å². The van der Waals surface area contributed by atoms with Gasteiger partial charge < -0.3 is 29.4 Å². The number of hydrogen-bond acceptors (Lipinski definition) is 9. The van der Waals surface area contributed by atoms with Crippen LogP contribution in [0.5, 0.6) is 23.1 Å². The lowest BCUT2D eigenvalue weighted by Crippen LogP contribution is -2.26. The van der Waals surface area contributed by atoms with Crippen LogP contribution in [0.1, 0.15) is 32.8 Å². The average molecular weight is 627 g/mol. The normalized spacial score (nSPS) is 12.2. The summed E-state index contributed by atoms with van der Waals surface area (Å²) < 4.78 is 66.2. The molecule has 3 N–H and O–H groups in total. The lowest BCUT2D eigenvalue weighted by Gasteiger charge is -2.16. The second-order valence-electron chi connectivity index (χ2n) is 9.51. The minimum Gasteiger partial charge on any atom is -0.476 e. The Labute approximate surface area is 251 Å². The van der Waals surface area contributed by atoms with Gasteiger partial charge in [0.2, 0.25) is 22.7 Å². The number of ether oxygens (including phenoxy) is 4. The Kier molecular flexibility index (Phi) is 8.80. The molecule has 230 valence electrons. The van der Waals surface area contributed by atoms with Gasteiger partial charge in [-0.2, -0.15) is 9.78 Å². The first-order valence-electron chi connectivity index (χ1n) is 13.2. The number of aromatic carboxylic acids is 1. The van der Waals surface area contributed by atoms with Gasteiger partial charge in [0, 0.05) is 37.1 Å². The minimum atomic E-state index is -4.25. The Bertz CT molecular complexity index is 1840. The fourth-order valence-corrected chi connectivity index (χ4v) is 5.54.